The van der Waals surface area contributed by atoms with E-state index in [2.05, 4.69) is 5.32 Å². The minimum atomic E-state index is -5.76. The highest BCUT2D eigenvalue weighted by Crippen LogP contribution is 2.59. The Bertz CT molecular complexity index is 1700. The third-order valence-electron chi connectivity index (χ3n) is 8.52. The molecule has 238 valence electrons. The van der Waals surface area contributed by atoms with Crippen molar-refractivity contribution in [1.29, 1.82) is 0 Å². The highest BCUT2D eigenvalue weighted by molar-refractivity contribution is 7.52. The number of alkyl halides is 2. The molecule has 0 radical (unpaired) electrons. The zero-order chi connectivity index (χ0) is 32.7. The second-order valence-electron chi connectivity index (χ2n) is 11.4. The molecule has 3 aromatic carbocycles. The molecule has 11 nitrogen and oxygen atoms in total. The Balaban J connectivity index is 1.40. The summed E-state index contributed by atoms with van der Waals surface area (Å²) in [5, 5.41) is 3.28. The number of anilines is 1. The summed E-state index contributed by atoms with van der Waals surface area (Å²) in [6.07, 6.45) is 1.48. The fourth-order valence-corrected chi connectivity index (χ4v) is 6.47. The van der Waals surface area contributed by atoms with Gasteiger partial charge >= 0.3 is 13.3 Å². The average Bonchev–Trinajstić information content (AvgIpc) is 3.43. The maximum Gasteiger partial charge on any atom is 0.399 e. The molecule has 3 N–H and O–H groups in total. The van der Waals surface area contributed by atoms with E-state index in [9.17, 15) is 32.5 Å². The Morgan fingerprint density at radius 1 is 0.978 bits per heavy atom. The maximum absolute atomic E-state index is 14.2. The molecular weight excluding hydrogens is 609 g/mol. The van der Waals surface area contributed by atoms with Crippen LogP contribution < -0.4 is 10.2 Å². The summed E-state index contributed by atoms with van der Waals surface area (Å²) < 4.78 is 39.8. The van der Waals surface area contributed by atoms with Gasteiger partial charge < -0.3 is 29.8 Å². The van der Waals surface area contributed by atoms with E-state index in [0.717, 1.165) is 12.1 Å². The number of likely N-dealkylation sites (N-methyl/N-ethyl adjacent to an activating group) is 1. The van der Waals surface area contributed by atoms with Gasteiger partial charge in [0.25, 0.3) is 5.91 Å². The summed E-state index contributed by atoms with van der Waals surface area (Å²) in [5.41, 5.74) is -4.49. The lowest BCUT2D eigenvalue weighted by molar-refractivity contribution is -0.144. The van der Waals surface area contributed by atoms with Crippen LogP contribution in [0.5, 0.6) is 0 Å². The van der Waals surface area contributed by atoms with Gasteiger partial charge in [-0.05, 0) is 60.4 Å². The monoisotopic (exact) mass is 642 g/mol. The lowest BCUT2D eigenvalue weighted by Crippen LogP contribution is -2.61. The van der Waals surface area contributed by atoms with Gasteiger partial charge in [-0.25, -0.2) is 0 Å². The van der Waals surface area contributed by atoms with E-state index in [1.165, 1.54) is 41.0 Å². The second kappa shape index (κ2) is 12.3. The Labute approximate surface area is 257 Å². The van der Waals surface area contributed by atoms with Gasteiger partial charge in [0.1, 0.15) is 12.1 Å². The summed E-state index contributed by atoms with van der Waals surface area (Å²) in [6, 6.07) is 13.9. The van der Waals surface area contributed by atoms with Gasteiger partial charge in [0, 0.05) is 49.9 Å². The molecular formula is C31H33F2N4O7P. The van der Waals surface area contributed by atoms with Crippen molar-refractivity contribution in [3.8, 4) is 0 Å². The van der Waals surface area contributed by atoms with Crippen molar-refractivity contribution in [2.24, 2.45) is 0 Å². The highest BCUT2D eigenvalue weighted by atomic mass is 31.2. The van der Waals surface area contributed by atoms with Gasteiger partial charge in [0.15, 0.2) is 0 Å². The van der Waals surface area contributed by atoms with E-state index in [0.29, 0.717) is 36.9 Å². The minimum Gasteiger partial charge on any atom is -0.340 e. The molecule has 5 rings (SSSR count). The topological polar surface area (TPSA) is 148 Å². The highest BCUT2D eigenvalue weighted by Gasteiger charge is 2.50. The average molecular weight is 643 g/mol. The van der Waals surface area contributed by atoms with Crippen LogP contribution in [0.1, 0.15) is 42.1 Å². The third kappa shape index (κ3) is 6.33. The Morgan fingerprint density at radius 2 is 1.64 bits per heavy atom. The van der Waals surface area contributed by atoms with Crippen LogP contribution in [0.2, 0.25) is 0 Å². The molecule has 2 saturated heterocycles. The fraction of sp³-hybridized carbons (Fsp3) is 0.355. The predicted octanol–water partition coefficient (Wildman–Crippen LogP) is 3.44. The van der Waals surface area contributed by atoms with Crippen molar-refractivity contribution in [1.82, 2.24) is 15.1 Å². The molecule has 1 unspecified atom stereocenters. The number of rotatable bonds is 6. The third-order valence-corrected chi connectivity index (χ3v) is 9.51. The van der Waals surface area contributed by atoms with Gasteiger partial charge in [-0.1, -0.05) is 36.4 Å². The summed E-state index contributed by atoms with van der Waals surface area (Å²) >= 11 is 0. The van der Waals surface area contributed by atoms with Crippen LogP contribution in [0, 0.1) is 0 Å². The van der Waals surface area contributed by atoms with Crippen molar-refractivity contribution >= 4 is 47.7 Å². The van der Waals surface area contributed by atoms with Crippen molar-refractivity contribution < 1.29 is 42.3 Å². The second-order valence-corrected chi connectivity index (χ2v) is 13.0. The molecule has 0 aliphatic carbocycles. The van der Waals surface area contributed by atoms with Gasteiger partial charge in [-0.3, -0.25) is 23.7 Å². The first-order valence-corrected chi connectivity index (χ1v) is 16.0. The van der Waals surface area contributed by atoms with E-state index in [-0.39, 0.29) is 35.4 Å². The minimum absolute atomic E-state index is 0.0932. The number of nitrogens with zero attached hydrogens (tertiary/aromatic N) is 3. The Morgan fingerprint density at radius 3 is 2.31 bits per heavy atom. The largest absolute Gasteiger partial charge is 0.399 e. The molecule has 3 aromatic rings. The molecule has 0 bridgehead atoms. The molecule has 2 fully saturated rings. The van der Waals surface area contributed by atoms with Crippen LogP contribution in [0.4, 0.5) is 14.5 Å². The number of amides is 4. The SMILES string of the molecule is CC(=O)N1CC[C@H]2CC[C@@H](C(=O)N(C)c3ccccc3)N2C(=O)C(NC(=O)c2ccc3cc(C(F)(F)P(=O)(O)O)ccc3c2)C1. The molecule has 2 heterocycles. The van der Waals surface area contributed by atoms with Gasteiger partial charge in [0.05, 0.1) is 0 Å². The van der Waals surface area contributed by atoms with E-state index >= 15 is 0 Å². The van der Waals surface area contributed by atoms with Gasteiger partial charge in [0.2, 0.25) is 17.7 Å². The Kier molecular flexibility index (Phi) is 8.81. The van der Waals surface area contributed by atoms with Gasteiger partial charge in [-0.2, -0.15) is 8.78 Å². The number of carbonyl (C=O) groups excluding carboxylic acids is 4. The normalized spacial score (nSPS) is 20.8. The van der Waals surface area contributed by atoms with Crippen LogP contribution in [0.15, 0.2) is 66.7 Å². The van der Waals surface area contributed by atoms with Crippen LogP contribution >= 0.6 is 7.60 Å². The number of hydrogen-bond donors (Lipinski definition) is 3. The first-order valence-electron chi connectivity index (χ1n) is 14.4. The molecule has 0 aromatic heterocycles. The van der Waals surface area contributed by atoms with Crippen molar-refractivity contribution in [3.63, 3.8) is 0 Å². The van der Waals surface area contributed by atoms with E-state index in [1.807, 2.05) is 18.2 Å². The lowest BCUT2D eigenvalue weighted by Gasteiger charge is -2.39. The number of fused-ring (bicyclic) bond motifs is 2. The molecule has 45 heavy (non-hydrogen) atoms. The van der Waals surface area contributed by atoms with Crippen LogP contribution in [-0.2, 0) is 24.6 Å². The zero-order valence-electron chi connectivity index (χ0n) is 24.6. The van der Waals surface area contributed by atoms with Crippen LogP contribution in [-0.4, -0.2) is 81.5 Å². The summed E-state index contributed by atoms with van der Waals surface area (Å²) in [5.74, 6) is -1.67. The van der Waals surface area contributed by atoms with Crippen molar-refractivity contribution in [2.45, 2.75) is 50.0 Å². The Hall–Kier alpha value is -4.19. The standard InChI is InChI=1S/C31H33F2N4O7P/c1-19(38)36-15-14-25-12-13-27(30(41)35(2)24-6-4-3-5-7-24)37(25)29(40)26(18-36)34-28(39)22-9-8-21-17-23(11-10-20(21)16-22)31(32,33)45(42,43)44/h3-11,16-17,25-27H,12-15,18H2,1-2H3,(H,34,39)(H2,42,43,44)/t25-,26?,27+/m1/s1. The van der Waals surface area contributed by atoms with Crippen molar-refractivity contribution in [2.75, 3.05) is 25.0 Å². The van der Waals surface area contributed by atoms with E-state index < -0.39 is 42.7 Å². The van der Waals surface area contributed by atoms with Crippen molar-refractivity contribution in [3.05, 3.63) is 77.9 Å². The maximum atomic E-state index is 14.2. The van der Waals surface area contributed by atoms with Gasteiger partial charge in [-0.15, -0.1) is 0 Å². The number of benzene rings is 3. The number of para-hydroxylation sites is 1. The summed E-state index contributed by atoms with van der Waals surface area (Å²) in [4.78, 5) is 76.3. The molecule has 2 aliphatic heterocycles. The molecule has 14 heteroatoms. The number of carbonyl (C=O) groups is 4. The molecule has 4 amide bonds. The number of halogens is 2. The van der Waals surface area contributed by atoms with E-state index in [1.54, 1.807) is 24.1 Å². The molecule has 0 spiro atoms. The molecule has 0 saturated carbocycles. The quantitative estimate of drug-likeness (QED) is 0.349. The number of nitrogens with one attached hydrogen (secondary N) is 1. The fourth-order valence-electron chi connectivity index (χ4n) is 6.00. The zero-order valence-corrected chi connectivity index (χ0v) is 25.5. The first-order chi connectivity index (χ1) is 21.2. The first kappa shape index (κ1) is 32.2. The lowest BCUT2D eigenvalue weighted by atomic mass is 10.0. The smallest absolute Gasteiger partial charge is 0.340 e. The summed E-state index contributed by atoms with van der Waals surface area (Å²) in [6.45, 7) is 1.61. The van der Waals surface area contributed by atoms with Crippen LogP contribution in [0.25, 0.3) is 10.8 Å². The predicted molar refractivity (Wildman–Crippen MR) is 162 cm³/mol. The number of hydrogen-bond acceptors (Lipinski definition) is 5. The van der Waals surface area contributed by atoms with Crippen LogP contribution in [0.3, 0.4) is 0 Å². The summed E-state index contributed by atoms with van der Waals surface area (Å²) in [7, 11) is -4.12. The molecule has 2 aliphatic rings. The van der Waals surface area contributed by atoms with E-state index in [4.69, 9.17) is 9.79 Å². The molecule has 3 atom stereocenters.